The van der Waals surface area contributed by atoms with E-state index in [0.717, 1.165) is 75.0 Å². The monoisotopic (exact) mass is 1240 g/mol. The molecule has 87 heavy (non-hydrogen) atoms. The van der Waals surface area contributed by atoms with Crippen LogP contribution in [0.5, 0.6) is 11.5 Å². The molecule has 4 aromatic carbocycles. The van der Waals surface area contributed by atoms with E-state index >= 15 is 0 Å². The molecule has 0 aliphatic rings. The third-order valence-electron chi connectivity index (χ3n) is 16.8. The average molecular weight is 1240 g/mol. The zero-order valence-corrected chi connectivity index (χ0v) is 58.2. The molecule has 0 fully saturated rings. The van der Waals surface area contributed by atoms with Crippen molar-refractivity contribution < 1.29 is 41.8 Å². The summed E-state index contributed by atoms with van der Waals surface area (Å²) in [6.07, 6.45) is 44.0. The SMILES string of the molecule is CCCCCCCCCCCCCCCCCCOC(=O)CCc1cc(C)c(OP(O)Oc2c(C)cc(CCC(=O)OCCCCCCCCCCCCCCCCCC)cc2C(C)(C)C)c(C(C)(C)C)c1.O=[p+]1oc2ccccc2c2ccccc21. The molecule has 5 rings (SSSR count). The van der Waals surface area contributed by atoms with Crippen molar-refractivity contribution in [3.8, 4) is 11.5 Å². The van der Waals surface area contributed by atoms with E-state index in [0.29, 0.717) is 56.0 Å². The quantitative estimate of drug-likeness (QED) is 0.0176. The van der Waals surface area contributed by atoms with E-state index in [4.69, 9.17) is 22.7 Å². The Balaban J connectivity index is 0.000000918. The van der Waals surface area contributed by atoms with E-state index in [2.05, 4.69) is 67.5 Å². The number of para-hydroxylation sites is 1. The van der Waals surface area contributed by atoms with Gasteiger partial charge in [-0.3, -0.25) is 9.59 Å². The molecule has 5 aromatic rings. The summed E-state index contributed by atoms with van der Waals surface area (Å²) < 4.78 is 41.1. The number of hydrogen-bond donors (Lipinski definition) is 1. The van der Waals surface area contributed by atoms with Crippen LogP contribution in [0.3, 0.4) is 0 Å². The lowest BCUT2D eigenvalue weighted by atomic mass is 9.83. The molecule has 0 radical (unpaired) electrons. The van der Waals surface area contributed by atoms with Crippen LogP contribution in [0.15, 0.2) is 77.0 Å². The lowest BCUT2D eigenvalue weighted by molar-refractivity contribution is -0.144. The van der Waals surface area contributed by atoms with Crippen molar-refractivity contribution in [2.24, 2.45) is 0 Å². The largest absolute Gasteiger partial charge is 0.597 e. The van der Waals surface area contributed by atoms with Crippen molar-refractivity contribution >= 4 is 49.7 Å². The lowest BCUT2D eigenvalue weighted by Gasteiger charge is -2.28. The molecular weight excluding hydrogens is 1120 g/mol. The number of fused-ring (bicyclic) bond motifs is 3. The van der Waals surface area contributed by atoms with Gasteiger partial charge in [-0.2, -0.15) is 0 Å². The number of benzene rings is 4. The summed E-state index contributed by atoms with van der Waals surface area (Å²) in [5.41, 5.74) is 5.88. The molecule has 11 heteroatoms. The Hall–Kier alpha value is -4.29. The second kappa shape index (κ2) is 43.4. The maximum Gasteiger partial charge on any atom is 0.597 e. The van der Waals surface area contributed by atoms with Crippen molar-refractivity contribution in [1.29, 1.82) is 0 Å². The molecule has 1 N–H and O–H groups in total. The second-order valence-electron chi connectivity index (χ2n) is 26.9. The summed E-state index contributed by atoms with van der Waals surface area (Å²) in [7, 11) is -4.08. The topological polar surface area (TPSA) is 122 Å². The first-order valence-electron chi connectivity index (χ1n) is 34.7. The fourth-order valence-electron chi connectivity index (χ4n) is 11.6. The van der Waals surface area contributed by atoms with Crippen molar-refractivity contribution in [3.63, 3.8) is 0 Å². The fourth-order valence-corrected chi connectivity index (χ4v) is 13.5. The summed E-state index contributed by atoms with van der Waals surface area (Å²) in [6.45, 7) is 22.3. The van der Waals surface area contributed by atoms with E-state index in [1.807, 2.05) is 74.5 Å². The minimum atomic E-state index is -2.34. The van der Waals surface area contributed by atoms with Gasteiger partial charge in [0.2, 0.25) is 5.12 Å². The number of aryl methyl sites for hydroxylation is 4. The first-order chi connectivity index (χ1) is 41.9. The number of rotatable bonds is 44. The number of carbonyl (C=O) groups excluding carboxylic acids is 2. The van der Waals surface area contributed by atoms with Gasteiger partial charge >= 0.3 is 28.2 Å². The summed E-state index contributed by atoms with van der Waals surface area (Å²) in [4.78, 5) is 37.0. The van der Waals surface area contributed by atoms with Crippen LogP contribution in [0.25, 0.3) is 21.5 Å². The molecule has 0 saturated heterocycles. The molecule has 1 atom stereocenters. The van der Waals surface area contributed by atoms with Gasteiger partial charge in [0.05, 0.1) is 13.2 Å². The van der Waals surface area contributed by atoms with Crippen LogP contribution in [-0.2, 0) is 47.3 Å². The predicted molar refractivity (Wildman–Crippen MR) is 369 cm³/mol. The third kappa shape index (κ3) is 30.9. The number of ether oxygens (including phenoxy) is 2. The van der Waals surface area contributed by atoms with E-state index in [1.165, 1.54) is 180 Å². The molecule has 0 aliphatic heterocycles. The van der Waals surface area contributed by atoms with E-state index in [-0.39, 0.29) is 22.8 Å². The maximum absolute atomic E-state index is 12.8. The van der Waals surface area contributed by atoms with Crippen LogP contribution in [0.4, 0.5) is 0 Å². The molecule has 0 amide bonds. The molecule has 1 aromatic heterocycles. The van der Waals surface area contributed by atoms with Crippen LogP contribution in [0.1, 0.15) is 307 Å². The van der Waals surface area contributed by atoms with Gasteiger partial charge in [0.1, 0.15) is 11.5 Å². The molecule has 0 aliphatic carbocycles. The fraction of sp³-hybridized carbons (Fsp3) is 0.658. The molecular formula is C76H119O9P2+. The van der Waals surface area contributed by atoms with Gasteiger partial charge in [-0.15, -0.1) is 0 Å². The maximum atomic E-state index is 12.8. The smallest absolute Gasteiger partial charge is 0.466 e. The van der Waals surface area contributed by atoms with Gasteiger partial charge in [0, 0.05) is 34.7 Å². The standard InChI is InChI=1S/C64H111O7P.C12H8O2P/c1-11-13-15-17-19-21-23-25-27-29-31-33-35-37-39-41-47-68-59(65)45-43-55-49-53(3)61(57(51-55)63(5,6)7)70-72(67)71-62-54(4)50-56(52-58(62)64(8,9)10)44-46-60(66)69-48-42-40-38-36-34-32-30-28-26-24-22-20-18-16-14-12-2;13-15-12-8-4-2-6-10(12)9-5-1-3-7-11(9)14-15/h49-52,67H,11-48H2,1-10H3;1-8H/q;+1. The van der Waals surface area contributed by atoms with E-state index < -0.39 is 16.3 Å². The normalized spacial score (nSPS) is 12.0. The highest BCUT2D eigenvalue weighted by atomic mass is 31.2. The van der Waals surface area contributed by atoms with Crippen LogP contribution in [0, 0.1) is 13.8 Å². The van der Waals surface area contributed by atoms with Gasteiger partial charge in [-0.05, 0) is 95.4 Å². The minimum Gasteiger partial charge on any atom is -0.466 e. The van der Waals surface area contributed by atoms with Crippen LogP contribution < -0.4 is 9.05 Å². The summed E-state index contributed by atoms with van der Waals surface area (Å²) in [5, 5.41) is 2.81. The summed E-state index contributed by atoms with van der Waals surface area (Å²) >= 11 is 0. The summed E-state index contributed by atoms with van der Waals surface area (Å²) in [5.74, 6) is 0.900. The lowest BCUT2D eigenvalue weighted by Crippen LogP contribution is -2.16. The Morgan fingerprint density at radius 2 is 0.782 bits per heavy atom. The van der Waals surface area contributed by atoms with Gasteiger partial charge in [-0.25, -0.2) is 4.20 Å². The average Bonchev–Trinajstić information content (AvgIpc) is 1.19. The van der Waals surface area contributed by atoms with Crippen molar-refractivity contribution in [1.82, 2.24) is 0 Å². The number of carbonyl (C=O) groups is 2. The molecule has 0 saturated carbocycles. The van der Waals surface area contributed by atoms with Crippen LogP contribution >= 0.6 is 16.3 Å². The highest BCUT2D eigenvalue weighted by molar-refractivity contribution is 7.41. The van der Waals surface area contributed by atoms with Crippen molar-refractivity contribution in [2.45, 2.75) is 311 Å². The highest BCUT2D eigenvalue weighted by Gasteiger charge is 2.29. The first-order valence-corrected chi connectivity index (χ1v) is 37.0. The van der Waals surface area contributed by atoms with Gasteiger partial charge in [-0.1, -0.05) is 303 Å². The van der Waals surface area contributed by atoms with Gasteiger partial charge in [0.15, 0.2) is 5.58 Å². The minimum absolute atomic E-state index is 0.157. The number of hydrogen-bond acceptors (Lipinski definition) is 9. The molecule has 0 spiro atoms. The molecule has 486 valence electrons. The van der Waals surface area contributed by atoms with Gasteiger partial charge < -0.3 is 23.4 Å². The summed E-state index contributed by atoms with van der Waals surface area (Å²) in [6, 6.07) is 23.6. The van der Waals surface area contributed by atoms with E-state index in [1.54, 1.807) is 0 Å². The van der Waals surface area contributed by atoms with Crippen LogP contribution in [-0.4, -0.2) is 30.0 Å². The second-order valence-corrected chi connectivity index (χ2v) is 28.9. The Morgan fingerprint density at radius 3 is 1.14 bits per heavy atom. The van der Waals surface area contributed by atoms with Crippen LogP contribution in [0.2, 0.25) is 0 Å². The van der Waals surface area contributed by atoms with E-state index in [9.17, 15) is 19.0 Å². The third-order valence-corrected chi connectivity index (χ3v) is 18.7. The highest BCUT2D eigenvalue weighted by Crippen LogP contribution is 2.47. The Kier molecular flexibility index (Phi) is 37.5. The zero-order valence-electron chi connectivity index (χ0n) is 56.4. The van der Waals surface area contributed by atoms with Gasteiger partial charge in [0.25, 0.3) is 0 Å². The number of esters is 2. The predicted octanol–water partition coefficient (Wildman–Crippen LogP) is 24.4. The Labute approximate surface area is 530 Å². The first kappa shape index (κ1) is 75.2. The molecule has 1 unspecified atom stereocenters. The molecule has 9 nitrogen and oxygen atoms in total. The Morgan fingerprint density at radius 1 is 0.460 bits per heavy atom. The Bertz CT molecular complexity index is 2630. The zero-order chi connectivity index (χ0) is 63.1. The van der Waals surface area contributed by atoms with Crippen molar-refractivity contribution in [3.05, 3.63) is 106 Å². The molecule has 0 bridgehead atoms. The molecule has 1 heterocycles. The van der Waals surface area contributed by atoms with Crippen molar-refractivity contribution in [2.75, 3.05) is 13.2 Å². The number of unbranched alkanes of at least 4 members (excludes halogenated alkanes) is 30.